The van der Waals surface area contributed by atoms with E-state index in [4.69, 9.17) is 23.2 Å². The number of anilines is 1. The Morgan fingerprint density at radius 3 is 2.31 bits per heavy atom. The van der Waals surface area contributed by atoms with Crippen molar-refractivity contribution < 1.29 is 4.79 Å². The highest BCUT2D eigenvalue weighted by atomic mass is 35.5. The molecule has 86 valence electrons. The lowest BCUT2D eigenvalue weighted by Crippen LogP contribution is -2.10. The Bertz CT molecular complexity index is 410. The second kappa shape index (κ2) is 5.87. The number of hydrogen-bond acceptors (Lipinski definition) is 3. The molecule has 0 aromatic heterocycles. The lowest BCUT2D eigenvalue weighted by atomic mass is 10.2. The largest absolute Gasteiger partial charge is 0.293 e. The van der Waals surface area contributed by atoms with Gasteiger partial charge < -0.3 is 0 Å². The van der Waals surface area contributed by atoms with Crippen molar-refractivity contribution in [3.8, 4) is 0 Å². The van der Waals surface area contributed by atoms with E-state index in [1.165, 1.54) is 6.92 Å². The SMILES string of the molecule is CCC(=NNc1cc(Cl)cc(Cl)c1)C(C)=O. The maximum absolute atomic E-state index is 11.1. The van der Waals surface area contributed by atoms with Crippen LogP contribution in [0.3, 0.4) is 0 Å². The number of hydrogen-bond donors (Lipinski definition) is 1. The van der Waals surface area contributed by atoms with Gasteiger partial charge in [0, 0.05) is 17.0 Å². The van der Waals surface area contributed by atoms with Crippen molar-refractivity contribution in [3.63, 3.8) is 0 Å². The number of carbonyl (C=O) groups excluding carboxylic acids is 1. The lowest BCUT2D eigenvalue weighted by molar-refractivity contribution is -0.111. The summed E-state index contributed by atoms with van der Waals surface area (Å²) in [6, 6.07) is 5.00. The van der Waals surface area contributed by atoms with E-state index < -0.39 is 0 Å². The first-order valence-corrected chi connectivity index (χ1v) is 5.58. The number of halogens is 2. The quantitative estimate of drug-likeness (QED) is 0.660. The van der Waals surface area contributed by atoms with Crippen molar-refractivity contribution >= 4 is 40.4 Å². The van der Waals surface area contributed by atoms with Gasteiger partial charge in [-0.3, -0.25) is 10.2 Å². The third kappa shape index (κ3) is 3.83. The third-order valence-electron chi connectivity index (χ3n) is 1.92. The molecule has 0 heterocycles. The molecule has 0 amide bonds. The Kier molecular flexibility index (Phi) is 4.77. The first-order chi connectivity index (χ1) is 7.52. The zero-order chi connectivity index (χ0) is 12.1. The molecule has 0 aliphatic rings. The van der Waals surface area contributed by atoms with Crippen molar-refractivity contribution in [1.29, 1.82) is 0 Å². The normalized spacial score (nSPS) is 11.4. The summed E-state index contributed by atoms with van der Waals surface area (Å²) >= 11 is 11.6. The third-order valence-corrected chi connectivity index (χ3v) is 2.36. The molecule has 0 radical (unpaired) electrons. The van der Waals surface area contributed by atoms with Crippen LogP contribution in [0.2, 0.25) is 10.0 Å². The summed E-state index contributed by atoms with van der Waals surface area (Å²) in [6.07, 6.45) is 0.580. The fraction of sp³-hybridized carbons (Fsp3) is 0.273. The molecule has 0 fully saturated rings. The molecule has 0 spiro atoms. The standard InChI is InChI=1S/C11H12Cl2N2O/c1-3-11(7(2)16)15-14-10-5-8(12)4-9(13)6-10/h4-6,14H,3H2,1-2H3. The van der Waals surface area contributed by atoms with Gasteiger partial charge in [0.05, 0.1) is 5.69 Å². The molecule has 1 rings (SSSR count). The van der Waals surface area contributed by atoms with Crippen LogP contribution in [0.1, 0.15) is 20.3 Å². The van der Waals surface area contributed by atoms with Crippen LogP contribution in [-0.4, -0.2) is 11.5 Å². The molecule has 3 nitrogen and oxygen atoms in total. The number of ketones is 1. The van der Waals surface area contributed by atoms with Gasteiger partial charge in [-0.2, -0.15) is 5.10 Å². The van der Waals surface area contributed by atoms with Gasteiger partial charge in [-0.1, -0.05) is 30.1 Å². The molecule has 0 saturated carbocycles. The Hall–Kier alpha value is -1.06. The molecular weight excluding hydrogens is 247 g/mol. The van der Waals surface area contributed by atoms with Crippen molar-refractivity contribution in [3.05, 3.63) is 28.2 Å². The smallest absolute Gasteiger partial charge is 0.175 e. The predicted molar refractivity (Wildman–Crippen MR) is 68.5 cm³/mol. The average Bonchev–Trinajstić information content (AvgIpc) is 2.16. The first-order valence-electron chi connectivity index (χ1n) is 4.82. The monoisotopic (exact) mass is 258 g/mol. The van der Waals surface area contributed by atoms with Crippen LogP contribution in [0.25, 0.3) is 0 Å². The van der Waals surface area contributed by atoms with E-state index in [9.17, 15) is 4.79 Å². The van der Waals surface area contributed by atoms with Crippen molar-refractivity contribution in [1.82, 2.24) is 0 Å². The van der Waals surface area contributed by atoms with Gasteiger partial charge in [0.1, 0.15) is 5.71 Å². The fourth-order valence-electron chi connectivity index (χ4n) is 1.16. The summed E-state index contributed by atoms with van der Waals surface area (Å²) in [5.74, 6) is -0.0527. The number of nitrogens with zero attached hydrogens (tertiary/aromatic N) is 1. The second-order valence-corrected chi connectivity index (χ2v) is 4.11. The number of hydrazone groups is 1. The molecular formula is C11H12Cl2N2O. The van der Waals surface area contributed by atoms with Gasteiger partial charge in [0.2, 0.25) is 0 Å². The molecule has 0 saturated heterocycles. The van der Waals surface area contributed by atoms with Crippen LogP contribution >= 0.6 is 23.2 Å². The van der Waals surface area contributed by atoms with E-state index >= 15 is 0 Å². The van der Waals surface area contributed by atoms with Gasteiger partial charge in [-0.25, -0.2) is 0 Å². The topological polar surface area (TPSA) is 41.5 Å². The van der Waals surface area contributed by atoms with Gasteiger partial charge in [0.25, 0.3) is 0 Å². The van der Waals surface area contributed by atoms with E-state index in [1.807, 2.05) is 6.92 Å². The molecule has 16 heavy (non-hydrogen) atoms. The lowest BCUT2D eigenvalue weighted by Gasteiger charge is -2.04. The van der Waals surface area contributed by atoms with E-state index in [0.717, 1.165) is 0 Å². The minimum absolute atomic E-state index is 0.0527. The maximum atomic E-state index is 11.1. The summed E-state index contributed by atoms with van der Waals surface area (Å²) in [5, 5.41) is 5.03. The summed E-state index contributed by atoms with van der Waals surface area (Å²) < 4.78 is 0. The molecule has 0 aliphatic heterocycles. The van der Waals surface area contributed by atoms with Crippen LogP contribution in [0.4, 0.5) is 5.69 Å². The Morgan fingerprint density at radius 2 is 1.88 bits per heavy atom. The van der Waals surface area contributed by atoms with E-state index in [0.29, 0.717) is 27.9 Å². The molecule has 1 aromatic carbocycles. The minimum Gasteiger partial charge on any atom is -0.293 e. The van der Waals surface area contributed by atoms with Gasteiger partial charge in [0.15, 0.2) is 5.78 Å². The van der Waals surface area contributed by atoms with E-state index in [-0.39, 0.29) is 5.78 Å². The molecule has 1 N–H and O–H groups in total. The fourth-order valence-corrected chi connectivity index (χ4v) is 1.68. The minimum atomic E-state index is -0.0527. The number of Topliss-reactive ketones (excluding diaryl/α,β-unsaturated/α-hetero) is 1. The van der Waals surface area contributed by atoms with Crippen LogP contribution in [-0.2, 0) is 4.79 Å². The molecule has 0 aliphatic carbocycles. The number of nitrogens with one attached hydrogen (secondary N) is 1. The first kappa shape index (κ1) is 13.0. The Morgan fingerprint density at radius 1 is 1.31 bits per heavy atom. The summed E-state index contributed by atoms with van der Waals surface area (Å²) in [5.41, 5.74) is 3.90. The van der Waals surface area contributed by atoms with Crippen LogP contribution in [0, 0.1) is 0 Å². The number of rotatable bonds is 4. The maximum Gasteiger partial charge on any atom is 0.175 e. The predicted octanol–water partition coefficient (Wildman–Crippen LogP) is 3.76. The summed E-state index contributed by atoms with van der Waals surface area (Å²) in [4.78, 5) is 11.1. The summed E-state index contributed by atoms with van der Waals surface area (Å²) in [7, 11) is 0. The highest BCUT2D eigenvalue weighted by Crippen LogP contribution is 2.22. The molecule has 1 aromatic rings. The van der Waals surface area contributed by atoms with Crippen LogP contribution in [0.15, 0.2) is 23.3 Å². The Labute approximate surface area is 104 Å². The zero-order valence-electron chi connectivity index (χ0n) is 9.05. The van der Waals surface area contributed by atoms with Crippen molar-refractivity contribution in [2.24, 2.45) is 5.10 Å². The van der Waals surface area contributed by atoms with E-state index in [2.05, 4.69) is 10.5 Å². The second-order valence-electron chi connectivity index (χ2n) is 3.24. The highest BCUT2D eigenvalue weighted by Gasteiger charge is 2.02. The Balaban J connectivity index is 2.84. The average molecular weight is 259 g/mol. The molecule has 0 unspecified atom stereocenters. The number of benzene rings is 1. The van der Waals surface area contributed by atoms with Crippen molar-refractivity contribution in [2.75, 3.05) is 5.43 Å². The van der Waals surface area contributed by atoms with Gasteiger partial charge >= 0.3 is 0 Å². The zero-order valence-corrected chi connectivity index (χ0v) is 10.6. The van der Waals surface area contributed by atoms with Crippen LogP contribution in [0.5, 0.6) is 0 Å². The summed E-state index contributed by atoms with van der Waals surface area (Å²) in [6.45, 7) is 3.35. The molecule has 0 atom stereocenters. The molecule has 5 heteroatoms. The van der Waals surface area contributed by atoms with Crippen molar-refractivity contribution in [2.45, 2.75) is 20.3 Å². The highest BCUT2D eigenvalue weighted by molar-refractivity contribution is 6.39. The number of carbonyl (C=O) groups is 1. The van der Waals surface area contributed by atoms with Gasteiger partial charge in [-0.05, 0) is 24.6 Å². The van der Waals surface area contributed by atoms with Gasteiger partial charge in [-0.15, -0.1) is 0 Å². The van der Waals surface area contributed by atoms with E-state index in [1.54, 1.807) is 18.2 Å². The van der Waals surface area contributed by atoms with Crippen LogP contribution < -0.4 is 5.43 Å². The molecule has 0 bridgehead atoms.